The van der Waals surface area contributed by atoms with Crippen LogP contribution in [0, 0.1) is 0 Å². The fraction of sp³-hybridized carbons (Fsp3) is 0.393. The summed E-state index contributed by atoms with van der Waals surface area (Å²) in [6.45, 7) is 4.26. The molecule has 0 spiro atoms. The van der Waals surface area contributed by atoms with Gasteiger partial charge in [-0.2, -0.15) is 0 Å². The van der Waals surface area contributed by atoms with E-state index in [2.05, 4.69) is 24.0 Å². The number of ether oxygens (including phenoxy) is 2. The number of carbonyl (C=O) groups is 3. The van der Waals surface area contributed by atoms with Crippen molar-refractivity contribution in [1.29, 1.82) is 0 Å². The van der Waals surface area contributed by atoms with Gasteiger partial charge in [0.15, 0.2) is 6.23 Å². The molecule has 1 heterocycles. The number of likely N-dealkylation sites (tertiary alicyclic amines) is 1. The number of aryl methyl sites for hydroxylation is 1. The first-order valence-electron chi connectivity index (χ1n) is 12.3. The Balaban J connectivity index is 1.30. The molecule has 3 rings (SSSR count). The lowest BCUT2D eigenvalue weighted by Crippen LogP contribution is -2.58. The molecular formula is C28H33ClN2O5. The molecular weight excluding hydrogens is 480 g/mol. The molecule has 1 fully saturated rings. The van der Waals surface area contributed by atoms with Crippen molar-refractivity contribution in [3.05, 3.63) is 77.3 Å². The molecule has 8 heteroatoms. The lowest BCUT2D eigenvalue weighted by atomic mass is 10.1. The number of halogens is 1. The smallest absolute Gasteiger partial charge is 0.310 e. The summed E-state index contributed by atoms with van der Waals surface area (Å²) in [5, 5.41) is 3.64. The summed E-state index contributed by atoms with van der Waals surface area (Å²) in [7, 11) is 0. The van der Waals surface area contributed by atoms with E-state index in [4.69, 9.17) is 21.1 Å². The maximum atomic E-state index is 12.3. The Bertz CT molecular complexity index is 1020. The molecule has 2 amide bonds. The monoisotopic (exact) mass is 512 g/mol. The van der Waals surface area contributed by atoms with Gasteiger partial charge in [0, 0.05) is 11.6 Å². The fourth-order valence-corrected chi connectivity index (χ4v) is 3.96. The molecule has 36 heavy (non-hydrogen) atoms. The molecule has 192 valence electrons. The van der Waals surface area contributed by atoms with Crippen LogP contribution < -0.4 is 10.1 Å². The molecule has 7 nitrogen and oxygen atoms in total. The molecule has 1 N–H and O–H groups in total. The van der Waals surface area contributed by atoms with Crippen LogP contribution in [-0.2, 0) is 32.0 Å². The quantitative estimate of drug-likeness (QED) is 0.165. The van der Waals surface area contributed by atoms with Crippen molar-refractivity contribution < 1.29 is 23.9 Å². The van der Waals surface area contributed by atoms with Crippen molar-refractivity contribution in [2.45, 2.75) is 51.2 Å². The third kappa shape index (κ3) is 9.04. The van der Waals surface area contributed by atoms with E-state index in [1.807, 2.05) is 12.1 Å². The Labute approximate surface area is 217 Å². The number of rotatable bonds is 15. The summed E-state index contributed by atoms with van der Waals surface area (Å²) in [5.41, 5.74) is 2.07. The summed E-state index contributed by atoms with van der Waals surface area (Å²) in [4.78, 5) is 37.4. The van der Waals surface area contributed by atoms with Crippen LogP contribution in [0.2, 0.25) is 5.02 Å². The zero-order valence-corrected chi connectivity index (χ0v) is 21.2. The number of hydrogen-bond acceptors (Lipinski definition) is 5. The largest absolute Gasteiger partial charge is 0.470 e. The van der Waals surface area contributed by atoms with Crippen molar-refractivity contribution in [3.63, 3.8) is 0 Å². The van der Waals surface area contributed by atoms with Gasteiger partial charge in [0.1, 0.15) is 18.9 Å². The number of nitrogens with one attached hydrogen (secondary N) is 1. The standard InChI is InChI=1S/C28H33ClN2O5/c1-2-17-35-28(34)18-22-10-14-24(15-11-22)36-27-19-26(33)31(27)20-25(32)30-16-6-4-3-5-7-21-8-12-23(29)13-9-21/h2,8-15,27H,1,3-7,16-20H2,(H,30,32). The average Bonchev–Trinajstić information content (AvgIpc) is 2.87. The Hall–Kier alpha value is -3.32. The minimum Gasteiger partial charge on any atom is -0.470 e. The number of carbonyl (C=O) groups excluding carboxylic acids is 3. The normalized spacial score (nSPS) is 14.6. The molecule has 0 aliphatic carbocycles. The van der Waals surface area contributed by atoms with Crippen LogP contribution in [0.3, 0.4) is 0 Å². The molecule has 1 aliphatic rings. The van der Waals surface area contributed by atoms with Gasteiger partial charge >= 0.3 is 5.97 Å². The van der Waals surface area contributed by atoms with E-state index in [1.165, 1.54) is 16.5 Å². The van der Waals surface area contributed by atoms with Gasteiger partial charge in [0.2, 0.25) is 11.8 Å². The van der Waals surface area contributed by atoms with Crippen molar-refractivity contribution in [2.24, 2.45) is 0 Å². The van der Waals surface area contributed by atoms with Gasteiger partial charge in [0.05, 0.1) is 12.8 Å². The van der Waals surface area contributed by atoms with Gasteiger partial charge in [-0.3, -0.25) is 19.3 Å². The Kier molecular flexibility index (Phi) is 10.8. The van der Waals surface area contributed by atoms with Crippen LogP contribution in [0.5, 0.6) is 5.75 Å². The van der Waals surface area contributed by atoms with Gasteiger partial charge in [-0.1, -0.05) is 61.4 Å². The first-order chi connectivity index (χ1) is 17.4. The molecule has 0 bridgehead atoms. The van der Waals surface area contributed by atoms with Gasteiger partial charge in [-0.15, -0.1) is 0 Å². The van der Waals surface area contributed by atoms with E-state index in [-0.39, 0.29) is 43.8 Å². The van der Waals surface area contributed by atoms with E-state index < -0.39 is 6.23 Å². The zero-order valence-electron chi connectivity index (χ0n) is 20.4. The van der Waals surface area contributed by atoms with Crippen molar-refractivity contribution in [2.75, 3.05) is 19.7 Å². The second-order valence-electron chi connectivity index (χ2n) is 8.73. The van der Waals surface area contributed by atoms with Gasteiger partial charge in [-0.05, 0) is 54.7 Å². The van der Waals surface area contributed by atoms with Crippen LogP contribution >= 0.6 is 11.6 Å². The fourth-order valence-electron chi connectivity index (χ4n) is 3.83. The SMILES string of the molecule is C=CCOC(=O)Cc1ccc(OC2CC(=O)N2CC(=O)NCCCCCCc2ccc(Cl)cc2)cc1. The summed E-state index contributed by atoms with van der Waals surface area (Å²) in [6, 6.07) is 15.0. The third-order valence-electron chi connectivity index (χ3n) is 5.86. The van der Waals surface area contributed by atoms with Gasteiger partial charge in [0.25, 0.3) is 0 Å². The molecule has 1 unspecified atom stereocenters. The van der Waals surface area contributed by atoms with Crippen LogP contribution in [0.4, 0.5) is 0 Å². The lowest BCUT2D eigenvalue weighted by molar-refractivity contribution is -0.163. The highest BCUT2D eigenvalue weighted by molar-refractivity contribution is 6.30. The number of hydrogen-bond donors (Lipinski definition) is 1. The minimum absolute atomic E-state index is 0.0205. The van der Waals surface area contributed by atoms with E-state index in [0.29, 0.717) is 12.3 Å². The molecule has 0 aromatic heterocycles. The number of β-lactam (4-membered cyclic amide) rings is 1. The van der Waals surface area contributed by atoms with Crippen LogP contribution in [0.15, 0.2) is 61.2 Å². The number of benzene rings is 2. The highest BCUT2D eigenvalue weighted by Crippen LogP contribution is 2.24. The van der Waals surface area contributed by atoms with Crippen LogP contribution in [0.1, 0.15) is 43.2 Å². The number of esters is 1. The molecule has 0 saturated carbocycles. The maximum Gasteiger partial charge on any atom is 0.310 e. The lowest BCUT2D eigenvalue weighted by Gasteiger charge is -2.39. The Morgan fingerprint density at radius 2 is 1.72 bits per heavy atom. The van der Waals surface area contributed by atoms with E-state index >= 15 is 0 Å². The Morgan fingerprint density at radius 1 is 1.03 bits per heavy atom. The molecule has 1 atom stereocenters. The number of amides is 2. The molecule has 2 aromatic rings. The highest BCUT2D eigenvalue weighted by atomic mass is 35.5. The number of unbranched alkanes of at least 4 members (excludes halogenated alkanes) is 3. The first-order valence-corrected chi connectivity index (χ1v) is 12.6. The van der Waals surface area contributed by atoms with E-state index in [9.17, 15) is 14.4 Å². The maximum absolute atomic E-state index is 12.3. The topological polar surface area (TPSA) is 84.9 Å². The van der Waals surface area contributed by atoms with Crippen LogP contribution in [0.25, 0.3) is 0 Å². The molecule has 0 radical (unpaired) electrons. The summed E-state index contributed by atoms with van der Waals surface area (Å²) < 4.78 is 10.8. The van der Waals surface area contributed by atoms with E-state index in [1.54, 1.807) is 24.3 Å². The predicted molar refractivity (Wildman–Crippen MR) is 139 cm³/mol. The molecule has 1 saturated heterocycles. The molecule has 1 aliphatic heterocycles. The van der Waals surface area contributed by atoms with E-state index in [0.717, 1.165) is 42.7 Å². The number of nitrogens with zero attached hydrogens (tertiary/aromatic N) is 1. The van der Waals surface area contributed by atoms with Gasteiger partial charge in [-0.25, -0.2) is 0 Å². The minimum atomic E-state index is -0.473. The summed E-state index contributed by atoms with van der Waals surface area (Å²) >= 11 is 5.90. The predicted octanol–water partition coefficient (Wildman–Crippen LogP) is 4.47. The summed E-state index contributed by atoms with van der Waals surface area (Å²) in [6.07, 6.45) is 6.57. The second kappa shape index (κ2) is 14.3. The van der Waals surface area contributed by atoms with Crippen LogP contribution in [-0.4, -0.2) is 48.6 Å². The third-order valence-corrected chi connectivity index (χ3v) is 6.12. The van der Waals surface area contributed by atoms with Crippen molar-refractivity contribution in [1.82, 2.24) is 10.2 Å². The van der Waals surface area contributed by atoms with Gasteiger partial charge < -0.3 is 14.8 Å². The molecule has 2 aromatic carbocycles. The second-order valence-corrected chi connectivity index (χ2v) is 9.17. The average molecular weight is 513 g/mol. The zero-order chi connectivity index (χ0) is 25.8. The van der Waals surface area contributed by atoms with Crippen molar-refractivity contribution >= 4 is 29.4 Å². The van der Waals surface area contributed by atoms with Crippen molar-refractivity contribution in [3.8, 4) is 5.75 Å². The first kappa shape index (κ1) is 27.3. The Morgan fingerprint density at radius 3 is 2.42 bits per heavy atom. The summed E-state index contributed by atoms with van der Waals surface area (Å²) in [5.74, 6) is -0.0619. The highest BCUT2D eigenvalue weighted by Gasteiger charge is 2.39.